The molecule has 0 aliphatic carbocycles. The second-order valence-electron chi connectivity index (χ2n) is 2.18. The van der Waals surface area contributed by atoms with Crippen LogP contribution in [0.4, 0.5) is 0 Å². The fourth-order valence-electron chi connectivity index (χ4n) is 0.844. The van der Waals surface area contributed by atoms with Crippen LogP contribution in [0.3, 0.4) is 0 Å². The highest BCUT2D eigenvalue weighted by atomic mass is 79.9. The van der Waals surface area contributed by atoms with E-state index < -0.39 is 0 Å². The molecule has 10 heavy (non-hydrogen) atoms. The number of pyridine rings is 1. The number of hydrogen-bond acceptors (Lipinski definition) is 1. The molecule has 0 bridgehead atoms. The van der Waals surface area contributed by atoms with Gasteiger partial charge in [-0.15, -0.1) is 0 Å². The van der Waals surface area contributed by atoms with Crippen LogP contribution in [-0.2, 0) is 5.33 Å². The Morgan fingerprint density at radius 2 is 2.40 bits per heavy atom. The lowest BCUT2D eigenvalue weighted by Crippen LogP contribution is -2.47. The SMILES string of the molecule is Cc1ccc[n+](N)c1CBr. The molecule has 0 unspecified atom stereocenters. The van der Waals surface area contributed by atoms with Crippen LogP contribution < -0.4 is 10.5 Å². The molecule has 0 radical (unpaired) electrons. The molecule has 0 amide bonds. The standard InChI is InChI=1S/C7H10BrN2/c1-6-3-2-4-10(9)7(6)5-8/h2-4H,5,9H2,1H3/q+1. The predicted molar refractivity (Wildman–Crippen MR) is 44.2 cm³/mol. The zero-order valence-electron chi connectivity index (χ0n) is 5.84. The summed E-state index contributed by atoms with van der Waals surface area (Å²) >= 11 is 3.36. The zero-order chi connectivity index (χ0) is 7.56. The van der Waals surface area contributed by atoms with E-state index in [0.29, 0.717) is 0 Å². The van der Waals surface area contributed by atoms with Crippen molar-refractivity contribution in [3.05, 3.63) is 29.6 Å². The highest BCUT2D eigenvalue weighted by Crippen LogP contribution is 2.04. The molecule has 1 heterocycles. The van der Waals surface area contributed by atoms with Crippen molar-refractivity contribution in [1.29, 1.82) is 0 Å². The van der Waals surface area contributed by atoms with Crippen molar-refractivity contribution in [2.75, 3.05) is 5.84 Å². The Kier molecular flexibility index (Phi) is 2.27. The van der Waals surface area contributed by atoms with E-state index in [4.69, 9.17) is 5.84 Å². The van der Waals surface area contributed by atoms with Crippen molar-refractivity contribution in [3.8, 4) is 0 Å². The highest BCUT2D eigenvalue weighted by molar-refractivity contribution is 9.08. The van der Waals surface area contributed by atoms with Crippen LogP contribution in [-0.4, -0.2) is 0 Å². The van der Waals surface area contributed by atoms with Gasteiger partial charge in [0.05, 0.1) is 5.33 Å². The van der Waals surface area contributed by atoms with Crippen molar-refractivity contribution in [2.45, 2.75) is 12.3 Å². The molecule has 1 aromatic heterocycles. The molecule has 2 N–H and O–H groups in total. The largest absolute Gasteiger partial charge is 0.224 e. The molecular formula is C7H10BrN2+. The molecule has 0 spiro atoms. The van der Waals surface area contributed by atoms with Crippen LogP contribution in [0, 0.1) is 6.92 Å². The quantitative estimate of drug-likeness (QED) is 0.409. The number of halogens is 1. The summed E-state index contributed by atoms with van der Waals surface area (Å²) in [6, 6.07) is 3.97. The van der Waals surface area contributed by atoms with Gasteiger partial charge in [0, 0.05) is 11.6 Å². The first-order chi connectivity index (χ1) is 4.75. The van der Waals surface area contributed by atoms with Gasteiger partial charge in [0.1, 0.15) is 0 Å². The summed E-state index contributed by atoms with van der Waals surface area (Å²) in [5, 5.41) is 0.802. The molecule has 0 saturated carbocycles. The maximum atomic E-state index is 5.62. The van der Waals surface area contributed by atoms with Crippen molar-refractivity contribution >= 4 is 15.9 Å². The van der Waals surface area contributed by atoms with E-state index in [1.165, 1.54) is 5.56 Å². The van der Waals surface area contributed by atoms with Crippen molar-refractivity contribution in [2.24, 2.45) is 0 Å². The van der Waals surface area contributed by atoms with Crippen LogP contribution in [0.1, 0.15) is 11.3 Å². The van der Waals surface area contributed by atoms with Gasteiger partial charge in [-0.05, 0) is 13.0 Å². The van der Waals surface area contributed by atoms with E-state index in [9.17, 15) is 0 Å². The summed E-state index contributed by atoms with van der Waals surface area (Å²) < 4.78 is 1.63. The van der Waals surface area contributed by atoms with Gasteiger partial charge in [0.25, 0.3) is 0 Å². The minimum atomic E-state index is 0.802. The maximum Gasteiger partial charge on any atom is 0.224 e. The van der Waals surface area contributed by atoms with Crippen LogP contribution >= 0.6 is 15.9 Å². The van der Waals surface area contributed by atoms with Gasteiger partial charge in [-0.25, -0.2) is 5.84 Å². The zero-order valence-corrected chi connectivity index (χ0v) is 7.43. The first-order valence-corrected chi connectivity index (χ1v) is 4.19. The van der Waals surface area contributed by atoms with Crippen molar-refractivity contribution < 1.29 is 4.68 Å². The number of rotatable bonds is 1. The van der Waals surface area contributed by atoms with Crippen LogP contribution in [0.5, 0.6) is 0 Å². The summed E-state index contributed by atoms with van der Waals surface area (Å²) in [5.41, 5.74) is 2.32. The molecule has 0 saturated heterocycles. The third-order valence-corrected chi connectivity index (χ3v) is 2.02. The molecule has 54 valence electrons. The Bertz CT molecular complexity index is 215. The van der Waals surface area contributed by atoms with Crippen molar-refractivity contribution in [1.82, 2.24) is 0 Å². The van der Waals surface area contributed by atoms with Gasteiger partial charge in [-0.1, -0.05) is 20.6 Å². The van der Waals surface area contributed by atoms with Gasteiger partial charge >= 0.3 is 0 Å². The van der Waals surface area contributed by atoms with Gasteiger partial charge in [0.15, 0.2) is 6.20 Å². The lowest BCUT2D eigenvalue weighted by molar-refractivity contribution is -0.646. The normalized spacial score (nSPS) is 9.80. The molecule has 0 aliphatic rings. The monoisotopic (exact) mass is 201 g/mol. The van der Waals surface area contributed by atoms with E-state index in [2.05, 4.69) is 15.9 Å². The number of nitrogens with two attached hydrogens (primary N) is 1. The summed E-state index contributed by atoms with van der Waals surface area (Å²) in [6.07, 6.45) is 1.84. The molecule has 3 heteroatoms. The maximum absolute atomic E-state index is 5.62. The number of nitrogen functional groups attached to an aromatic ring is 1. The molecule has 2 nitrogen and oxygen atoms in total. The van der Waals surface area contributed by atoms with Gasteiger partial charge in [0.2, 0.25) is 5.69 Å². The van der Waals surface area contributed by atoms with Crippen LogP contribution in [0.2, 0.25) is 0 Å². The minimum absolute atomic E-state index is 0.802. The molecule has 0 atom stereocenters. The molecular weight excluding hydrogens is 192 g/mol. The summed E-state index contributed by atoms with van der Waals surface area (Å²) in [4.78, 5) is 0. The van der Waals surface area contributed by atoms with Gasteiger partial charge < -0.3 is 0 Å². The van der Waals surface area contributed by atoms with E-state index >= 15 is 0 Å². The minimum Gasteiger partial charge on any atom is -0.205 e. The van der Waals surface area contributed by atoms with Gasteiger partial charge in [-0.2, -0.15) is 0 Å². The number of alkyl halides is 1. The Hall–Kier alpha value is -0.570. The van der Waals surface area contributed by atoms with E-state index in [1.54, 1.807) is 4.68 Å². The molecule has 0 aromatic carbocycles. The van der Waals surface area contributed by atoms with E-state index in [-0.39, 0.29) is 0 Å². The second kappa shape index (κ2) is 3.01. The first kappa shape index (κ1) is 7.54. The van der Waals surface area contributed by atoms with Crippen LogP contribution in [0.25, 0.3) is 0 Å². The Balaban J connectivity index is 3.17. The number of aryl methyl sites for hydroxylation is 1. The second-order valence-corrected chi connectivity index (χ2v) is 2.74. The molecule has 0 aliphatic heterocycles. The molecule has 1 aromatic rings. The lowest BCUT2D eigenvalue weighted by Gasteiger charge is -1.95. The van der Waals surface area contributed by atoms with E-state index in [0.717, 1.165) is 11.0 Å². The summed E-state index contributed by atoms with van der Waals surface area (Å²) in [6.45, 7) is 2.04. The number of hydrogen-bond donors (Lipinski definition) is 1. The smallest absolute Gasteiger partial charge is 0.205 e. The third-order valence-electron chi connectivity index (χ3n) is 1.49. The third kappa shape index (κ3) is 1.29. The topological polar surface area (TPSA) is 29.9 Å². The average molecular weight is 202 g/mol. The Morgan fingerprint density at radius 1 is 1.70 bits per heavy atom. The first-order valence-electron chi connectivity index (χ1n) is 3.07. The molecule has 1 rings (SSSR count). The lowest BCUT2D eigenvalue weighted by atomic mass is 10.2. The fraction of sp³-hybridized carbons (Fsp3) is 0.286. The summed E-state index contributed by atoms with van der Waals surface area (Å²) in [7, 11) is 0. The fourth-order valence-corrected chi connectivity index (χ4v) is 1.58. The highest BCUT2D eigenvalue weighted by Gasteiger charge is 2.07. The average Bonchev–Trinajstić information content (AvgIpc) is 1.88. The number of nitrogens with zero attached hydrogens (tertiary/aromatic N) is 1. The Morgan fingerprint density at radius 3 is 2.80 bits per heavy atom. The summed E-state index contributed by atoms with van der Waals surface area (Å²) in [5.74, 6) is 5.62. The van der Waals surface area contributed by atoms with Gasteiger partial charge in [-0.3, -0.25) is 0 Å². The van der Waals surface area contributed by atoms with Crippen LogP contribution in [0.15, 0.2) is 18.3 Å². The van der Waals surface area contributed by atoms with Crippen molar-refractivity contribution in [3.63, 3.8) is 0 Å². The number of aromatic nitrogens is 1. The predicted octanol–water partition coefficient (Wildman–Crippen LogP) is 0.891. The Labute approximate surface area is 68.8 Å². The van der Waals surface area contributed by atoms with E-state index in [1.807, 2.05) is 25.3 Å². The molecule has 0 fully saturated rings.